The Kier molecular flexibility index (Phi) is 3.57. The summed E-state index contributed by atoms with van der Waals surface area (Å²) in [6.45, 7) is 4.24. The Morgan fingerprint density at radius 3 is 2.50 bits per heavy atom. The number of benzene rings is 2. The fraction of sp³-hybridized carbons (Fsp3) is 0.190. The van der Waals surface area contributed by atoms with Crippen molar-refractivity contribution in [3.63, 3.8) is 0 Å². The van der Waals surface area contributed by atoms with Crippen LogP contribution in [0.25, 0.3) is 28.6 Å². The van der Waals surface area contributed by atoms with Crippen molar-refractivity contribution in [3.05, 3.63) is 70.8 Å². The van der Waals surface area contributed by atoms with Gasteiger partial charge in [0.15, 0.2) is 0 Å². The first-order chi connectivity index (χ1) is 11.6. The molecule has 24 heavy (non-hydrogen) atoms. The van der Waals surface area contributed by atoms with Crippen molar-refractivity contribution in [1.82, 2.24) is 9.97 Å². The highest BCUT2D eigenvalue weighted by molar-refractivity contribution is 5.85. The zero-order chi connectivity index (χ0) is 16.7. The number of imidazole rings is 1. The van der Waals surface area contributed by atoms with E-state index in [1.807, 2.05) is 6.07 Å². The van der Waals surface area contributed by atoms with Gasteiger partial charge in [0.05, 0.1) is 5.69 Å². The lowest BCUT2D eigenvalue weighted by atomic mass is 9.92. The molecule has 0 amide bonds. The maximum atomic E-state index is 13.5. The summed E-state index contributed by atoms with van der Waals surface area (Å²) in [6, 6.07) is 14.6. The summed E-state index contributed by atoms with van der Waals surface area (Å²) in [5.41, 5.74) is 7.64. The van der Waals surface area contributed by atoms with Crippen molar-refractivity contribution < 1.29 is 4.39 Å². The number of hydrogen-bond donors (Lipinski definition) is 1. The molecule has 1 N–H and O–H groups in total. The van der Waals surface area contributed by atoms with Crippen LogP contribution in [0.3, 0.4) is 0 Å². The number of hydrogen-bond acceptors (Lipinski definition) is 1. The topological polar surface area (TPSA) is 28.7 Å². The number of rotatable bonds is 2. The lowest BCUT2D eigenvalue weighted by molar-refractivity contribution is 0.588. The SMILES string of the molecule is Cc1ccccc1-c1c(C)cccc1-c1nc2c([nH]1)CCC(F)=C2. The number of nitrogens with zero attached hydrogens (tertiary/aromatic N) is 1. The fourth-order valence-electron chi connectivity index (χ4n) is 3.40. The largest absolute Gasteiger partial charge is 0.341 e. The summed E-state index contributed by atoms with van der Waals surface area (Å²) < 4.78 is 13.5. The molecule has 4 rings (SSSR count). The summed E-state index contributed by atoms with van der Waals surface area (Å²) in [7, 11) is 0. The van der Waals surface area contributed by atoms with E-state index in [2.05, 4.69) is 60.2 Å². The number of H-pyrrole nitrogens is 1. The molecule has 0 fully saturated rings. The summed E-state index contributed by atoms with van der Waals surface area (Å²) in [5, 5.41) is 0. The number of aryl methyl sites for hydroxylation is 3. The molecule has 3 aromatic rings. The van der Waals surface area contributed by atoms with Gasteiger partial charge in [-0.25, -0.2) is 9.37 Å². The maximum Gasteiger partial charge on any atom is 0.138 e. The zero-order valence-corrected chi connectivity index (χ0v) is 13.9. The Morgan fingerprint density at radius 2 is 1.67 bits per heavy atom. The molecule has 3 heteroatoms. The average Bonchev–Trinajstić information content (AvgIpc) is 2.98. The smallest absolute Gasteiger partial charge is 0.138 e. The molecule has 1 aliphatic carbocycles. The first kappa shape index (κ1) is 14.9. The van der Waals surface area contributed by atoms with Crippen LogP contribution in [0.2, 0.25) is 0 Å². The first-order valence-electron chi connectivity index (χ1n) is 8.24. The molecule has 0 radical (unpaired) electrons. The van der Waals surface area contributed by atoms with Gasteiger partial charge in [0.25, 0.3) is 0 Å². The van der Waals surface area contributed by atoms with E-state index in [4.69, 9.17) is 0 Å². The van der Waals surface area contributed by atoms with Crippen LogP contribution in [-0.2, 0) is 6.42 Å². The Bertz CT molecular complexity index is 950. The minimum absolute atomic E-state index is 0.0936. The van der Waals surface area contributed by atoms with Crippen molar-refractivity contribution in [2.75, 3.05) is 0 Å². The highest BCUT2D eigenvalue weighted by atomic mass is 19.1. The zero-order valence-electron chi connectivity index (χ0n) is 13.9. The molecule has 0 unspecified atom stereocenters. The second kappa shape index (κ2) is 5.75. The van der Waals surface area contributed by atoms with Gasteiger partial charge in [-0.05, 0) is 48.6 Å². The van der Waals surface area contributed by atoms with Crippen LogP contribution in [0, 0.1) is 13.8 Å². The predicted molar refractivity (Wildman–Crippen MR) is 96.3 cm³/mol. The lowest BCUT2D eigenvalue weighted by Gasteiger charge is -2.13. The van der Waals surface area contributed by atoms with E-state index in [-0.39, 0.29) is 5.83 Å². The monoisotopic (exact) mass is 318 g/mol. The number of allylic oxidation sites excluding steroid dienone is 1. The molecule has 0 atom stereocenters. The highest BCUT2D eigenvalue weighted by Crippen LogP contribution is 2.36. The Labute approximate surface area is 141 Å². The van der Waals surface area contributed by atoms with Gasteiger partial charge in [0.2, 0.25) is 0 Å². The van der Waals surface area contributed by atoms with Crippen molar-refractivity contribution in [1.29, 1.82) is 0 Å². The molecule has 0 saturated carbocycles. The predicted octanol–water partition coefficient (Wildman–Crippen LogP) is 5.62. The van der Waals surface area contributed by atoms with Crippen LogP contribution >= 0.6 is 0 Å². The Hall–Kier alpha value is -2.68. The third-order valence-corrected chi connectivity index (χ3v) is 4.66. The van der Waals surface area contributed by atoms with E-state index in [1.165, 1.54) is 22.3 Å². The molecule has 0 aliphatic heterocycles. The Morgan fingerprint density at radius 1 is 0.917 bits per heavy atom. The van der Waals surface area contributed by atoms with Gasteiger partial charge in [-0.3, -0.25) is 0 Å². The molecule has 2 nitrogen and oxygen atoms in total. The van der Waals surface area contributed by atoms with Gasteiger partial charge in [-0.2, -0.15) is 0 Å². The molecule has 1 aliphatic rings. The number of nitrogens with one attached hydrogen (secondary N) is 1. The van der Waals surface area contributed by atoms with Crippen LogP contribution < -0.4 is 0 Å². The second-order valence-electron chi connectivity index (χ2n) is 6.35. The number of aromatic amines is 1. The van der Waals surface area contributed by atoms with Gasteiger partial charge in [0, 0.05) is 17.7 Å². The van der Waals surface area contributed by atoms with Crippen molar-refractivity contribution in [3.8, 4) is 22.5 Å². The maximum absolute atomic E-state index is 13.5. The number of fused-ring (bicyclic) bond motifs is 1. The molecular formula is C21H19FN2. The van der Waals surface area contributed by atoms with Crippen LogP contribution in [0.5, 0.6) is 0 Å². The lowest BCUT2D eigenvalue weighted by Crippen LogP contribution is -1.95. The standard InChI is InChI=1S/C21H19FN2/c1-13-6-3-4-8-16(13)20-14(2)7-5-9-17(20)21-23-18-11-10-15(22)12-19(18)24-21/h3-9,12H,10-11H2,1-2H3,(H,23,24). The minimum Gasteiger partial charge on any atom is -0.341 e. The van der Waals surface area contributed by atoms with Gasteiger partial charge >= 0.3 is 0 Å². The first-order valence-corrected chi connectivity index (χ1v) is 8.24. The van der Waals surface area contributed by atoms with Gasteiger partial charge in [-0.15, -0.1) is 0 Å². The van der Waals surface area contributed by atoms with Crippen LogP contribution in [-0.4, -0.2) is 9.97 Å². The summed E-state index contributed by atoms with van der Waals surface area (Å²) in [6.07, 6.45) is 2.67. The van der Waals surface area contributed by atoms with Crippen molar-refractivity contribution in [2.24, 2.45) is 0 Å². The number of aromatic nitrogens is 2. The molecule has 0 saturated heterocycles. The Balaban J connectivity index is 1.92. The van der Waals surface area contributed by atoms with E-state index in [9.17, 15) is 4.39 Å². The van der Waals surface area contributed by atoms with Crippen molar-refractivity contribution in [2.45, 2.75) is 26.7 Å². The van der Waals surface area contributed by atoms with E-state index >= 15 is 0 Å². The van der Waals surface area contributed by atoms with E-state index in [1.54, 1.807) is 6.08 Å². The van der Waals surface area contributed by atoms with Gasteiger partial charge < -0.3 is 4.98 Å². The molecule has 1 aromatic heterocycles. The molecule has 0 spiro atoms. The normalized spacial score (nSPS) is 13.5. The van der Waals surface area contributed by atoms with Gasteiger partial charge in [0.1, 0.15) is 11.7 Å². The molecule has 2 aromatic carbocycles. The van der Waals surface area contributed by atoms with E-state index < -0.39 is 0 Å². The van der Waals surface area contributed by atoms with Crippen LogP contribution in [0.15, 0.2) is 48.3 Å². The number of halogens is 1. The summed E-state index contributed by atoms with van der Waals surface area (Å²) >= 11 is 0. The quantitative estimate of drug-likeness (QED) is 0.653. The minimum atomic E-state index is -0.0936. The van der Waals surface area contributed by atoms with E-state index in [0.717, 1.165) is 22.8 Å². The van der Waals surface area contributed by atoms with Crippen molar-refractivity contribution >= 4 is 6.08 Å². The van der Waals surface area contributed by atoms with E-state index in [0.29, 0.717) is 12.8 Å². The van der Waals surface area contributed by atoms with Gasteiger partial charge in [-0.1, -0.05) is 42.5 Å². The summed E-state index contributed by atoms with van der Waals surface area (Å²) in [5.74, 6) is 0.719. The second-order valence-corrected chi connectivity index (χ2v) is 6.35. The molecular weight excluding hydrogens is 299 g/mol. The molecule has 0 bridgehead atoms. The average molecular weight is 318 g/mol. The fourth-order valence-corrected chi connectivity index (χ4v) is 3.40. The van der Waals surface area contributed by atoms with Crippen LogP contribution in [0.1, 0.15) is 28.9 Å². The third-order valence-electron chi connectivity index (χ3n) is 4.66. The summed E-state index contributed by atoms with van der Waals surface area (Å²) in [4.78, 5) is 8.06. The molecule has 1 heterocycles. The van der Waals surface area contributed by atoms with Crippen LogP contribution in [0.4, 0.5) is 4.39 Å². The molecule has 120 valence electrons. The third kappa shape index (κ3) is 2.46. The highest BCUT2D eigenvalue weighted by Gasteiger charge is 2.19.